The van der Waals surface area contributed by atoms with Crippen molar-refractivity contribution in [1.29, 1.82) is 0 Å². The van der Waals surface area contributed by atoms with Crippen molar-refractivity contribution in [3.05, 3.63) is 23.9 Å². The van der Waals surface area contributed by atoms with Crippen molar-refractivity contribution in [3.63, 3.8) is 0 Å². The Morgan fingerprint density at radius 2 is 2.06 bits per heavy atom. The topological polar surface area (TPSA) is 70.5 Å². The number of nitrogen functional groups attached to an aromatic ring is 1. The van der Waals surface area contributed by atoms with Crippen LogP contribution in [-0.4, -0.2) is 19.2 Å². The number of aromatic nitrogens is 1. The molecule has 0 saturated heterocycles. The van der Waals surface area contributed by atoms with Crippen LogP contribution in [-0.2, 0) is 6.42 Å². The van der Waals surface area contributed by atoms with Crippen LogP contribution in [0.1, 0.15) is 12.6 Å². The predicted molar refractivity (Wildman–Crippen MR) is 68.8 cm³/mol. The van der Waals surface area contributed by atoms with Crippen LogP contribution in [0.3, 0.4) is 0 Å². The number of methoxy groups -OCH3 is 2. The van der Waals surface area contributed by atoms with E-state index in [2.05, 4.69) is 4.98 Å². The third-order valence-corrected chi connectivity index (χ3v) is 2.70. The van der Waals surface area contributed by atoms with E-state index in [1.807, 2.05) is 25.1 Å². The van der Waals surface area contributed by atoms with E-state index in [1.54, 1.807) is 14.2 Å². The van der Waals surface area contributed by atoms with Crippen molar-refractivity contribution in [2.24, 2.45) is 0 Å². The molecule has 0 amide bonds. The zero-order valence-corrected chi connectivity index (χ0v) is 10.7. The van der Waals surface area contributed by atoms with E-state index in [4.69, 9.17) is 19.6 Å². The van der Waals surface area contributed by atoms with Gasteiger partial charge in [-0.2, -0.15) is 4.98 Å². The minimum absolute atomic E-state index is 0.159. The lowest BCUT2D eigenvalue weighted by molar-refractivity contribution is 0.403. The number of hydrogen-bond donors (Lipinski definition) is 1. The van der Waals surface area contributed by atoms with Crippen LogP contribution in [0.25, 0.3) is 11.3 Å². The normalized spacial score (nSPS) is 10.4. The molecular weight excluding hydrogens is 232 g/mol. The van der Waals surface area contributed by atoms with Crippen LogP contribution >= 0.6 is 0 Å². The number of aryl methyl sites for hydroxylation is 1. The molecule has 0 radical (unpaired) electrons. The van der Waals surface area contributed by atoms with Crippen LogP contribution in [0.15, 0.2) is 22.6 Å². The van der Waals surface area contributed by atoms with Crippen molar-refractivity contribution in [3.8, 4) is 22.8 Å². The molecule has 0 aliphatic rings. The minimum atomic E-state index is 0.159. The second-order valence-corrected chi connectivity index (χ2v) is 3.75. The largest absolute Gasteiger partial charge is 0.497 e. The van der Waals surface area contributed by atoms with Gasteiger partial charge in [-0.15, -0.1) is 0 Å². The standard InChI is InChI=1S/C13H16N2O3/c1-4-10-12(18-13(14)15-10)9-7-8(16-2)5-6-11(9)17-3/h5-7H,4H2,1-3H3,(H2,14,15). The Morgan fingerprint density at radius 1 is 1.28 bits per heavy atom. The number of hydrogen-bond acceptors (Lipinski definition) is 5. The molecule has 2 N–H and O–H groups in total. The Hall–Kier alpha value is -2.17. The molecular formula is C13H16N2O3. The summed E-state index contributed by atoms with van der Waals surface area (Å²) < 4.78 is 16.0. The molecule has 2 aromatic rings. The second kappa shape index (κ2) is 5.00. The summed E-state index contributed by atoms with van der Waals surface area (Å²) in [7, 11) is 3.22. The fourth-order valence-electron chi connectivity index (χ4n) is 1.81. The van der Waals surface area contributed by atoms with Gasteiger partial charge in [0.25, 0.3) is 6.01 Å². The highest BCUT2D eigenvalue weighted by molar-refractivity contribution is 5.70. The number of anilines is 1. The Balaban J connectivity index is 2.60. The van der Waals surface area contributed by atoms with Crippen molar-refractivity contribution in [2.75, 3.05) is 20.0 Å². The summed E-state index contributed by atoms with van der Waals surface area (Å²) in [6.07, 6.45) is 0.733. The maximum Gasteiger partial charge on any atom is 0.292 e. The average Bonchev–Trinajstić information content (AvgIpc) is 2.79. The zero-order valence-electron chi connectivity index (χ0n) is 10.7. The SMILES string of the molecule is CCc1nc(N)oc1-c1cc(OC)ccc1OC. The molecule has 1 aromatic carbocycles. The summed E-state index contributed by atoms with van der Waals surface area (Å²) in [5.41, 5.74) is 7.20. The van der Waals surface area contributed by atoms with E-state index in [1.165, 1.54) is 0 Å². The van der Waals surface area contributed by atoms with Crippen LogP contribution in [0.2, 0.25) is 0 Å². The number of ether oxygens (including phenoxy) is 2. The van der Waals surface area contributed by atoms with Gasteiger partial charge in [0.2, 0.25) is 0 Å². The van der Waals surface area contributed by atoms with Gasteiger partial charge in [-0.25, -0.2) is 0 Å². The molecule has 96 valence electrons. The van der Waals surface area contributed by atoms with Crippen LogP contribution < -0.4 is 15.2 Å². The minimum Gasteiger partial charge on any atom is -0.497 e. The fourth-order valence-corrected chi connectivity index (χ4v) is 1.81. The van der Waals surface area contributed by atoms with E-state index in [0.717, 1.165) is 23.4 Å². The molecule has 0 unspecified atom stereocenters. The first-order valence-corrected chi connectivity index (χ1v) is 5.67. The molecule has 5 nitrogen and oxygen atoms in total. The smallest absolute Gasteiger partial charge is 0.292 e. The zero-order chi connectivity index (χ0) is 13.1. The lowest BCUT2D eigenvalue weighted by atomic mass is 10.1. The average molecular weight is 248 g/mol. The van der Waals surface area contributed by atoms with Crippen molar-refractivity contribution in [2.45, 2.75) is 13.3 Å². The van der Waals surface area contributed by atoms with Gasteiger partial charge in [0.15, 0.2) is 5.76 Å². The molecule has 18 heavy (non-hydrogen) atoms. The first kappa shape index (κ1) is 12.3. The molecule has 0 saturated carbocycles. The summed E-state index contributed by atoms with van der Waals surface area (Å²) in [6, 6.07) is 5.66. The maximum atomic E-state index is 5.60. The molecule has 2 rings (SSSR count). The quantitative estimate of drug-likeness (QED) is 0.900. The number of nitrogens with two attached hydrogens (primary N) is 1. The molecule has 0 fully saturated rings. The second-order valence-electron chi connectivity index (χ2n) is 3.75. The fraction of sp³-hybridized carbons (Fsp3) is 0.308. The summed E-state index contributed by atoms with van der Waals surface area (Å²) in [5, 5.41) is 0. The van der Waals surface area contributed by atoms with Crippen molar-refractivity contribution < 1.29 is 13.9 Å². The molecule has 0 spiro atoms. The Morgan fingerprint density at radius 3 is 2.67 bits per heavy atom. The van der Waals surface area contributed by atoms with Gasteiger partial charge in [-0.3, -0.25) is 0 Å². The summed E-state index contributed by atoms with van der Waals surface area (Å²) in [5.74, 6) is 2.05. The van der Waals surface area contributed by atoms with Crippen LogP contribution in [0.5, 0.6) is 11.5 Å². The first-order valence-electron chi connectivity index (χ1n) is 5.67. The Labute approximate surface area is 106 Å². The molecule has 0 atom stereocenters. The Bertz CT molecular complexity index is 549. The van der Waals surface area contributed by atoms with Gasteiger partial charge in [0.1, 0.15) is 11.5 Å². The van der Waals surface area contributed by atoms with Gasteiger partial charge in [-0.05, 0) is 24.6 Å². The highest BCUT2D eigenvalue weighted by Crippen LogP contribution is 2.36. The number of benzene rings is 1. The Kier molecular flexibility index (Phi) is 3.41. The number of oxazole rings is 1. The number of rotatable bonds is 4. The lowest BCUT2D eigenvalue weighted by Crippen LogP contribution is -1.92. The maximum absolute atomic E-state index is 5.60. The molecule has 1 aromatic heterocycles. The molecule has 0 aliphatic carbocycles. The van der Waals surface area contributed by atoms with E-state index < -0.39 is 0 Å². The molecule has 5 heteroatoms. The van der Waals surface area contributed by atoms with Gasteiger partial charge in [-0.1, -0.05) is 6.92 Å². The van der Waals surface area contributed by atoms with Crippen molar-refractivity contribution >= 4 is 6.01 Å². The van der Waals surface area contributed by atoms with Crippen molar-refractivity contribution in [1.82, 2.24) is 4.98 Å². The van der Waals surface area contributed by atoms with Gasteiger partial charge in [0, 0.05) is 0 Å². The highest BCUT2D eigenvalue weighted by Gasteiger charge is 2.17. The molecule has 0 bridgehead atoms. The lowest BCUT2D eigenvalue weighted by Gasteiger charge is -2.09. The third-order valence-electron chi connectivity index (χ3n) is 2.70. The van der Waals surface area contributed by atoms with E-state index in [0.29, 0.717) is 11.5 Å². The van der Waals surface area contributed by atoms with Gasteiger partial charge < -0.3 is 19.6 Å². The third kappa shape index (κ3) is 2.11. The van der Waals surface area contributed by atoms with Crippen LogP contribution in [0.4, 0.5) is 6.01 Å². The van der Waals surface area contributed by atoms with E-state index >= 15 is 0 Å². The molecule has 1 heterocycles. The predicted octanol–water partition coefficient (Wildman–Crippen LogP) is 2.50. The summed E-state index contributed by atoms with van der Waals surface area (Å²) in [4.78, 5) is 4.15. The van der Waals surface area contributed by atoms with E-state index in [9.17, 15) is 0 Å². The summed E-state index contributed by atoms with van der Waals surface area (Å²) in [6.45, 7) is 1.99. The van der Waals surface area contributed by atoms with Gasteiger partial charge >= 0.3 is 0 Å². The van der Waals surface area contributed by atoms with Gasteiger partial charge in [0.05, 0.1) is 25.5 Å². The molecule has 0 aliphatic heterocycles. The number of nitrogens with zero attached hydrogens (tertiary/aromatic N) is 1. The summed E-state index contributed by atoms with van der Waals surface area (Å²) >= 11 is 0. The first-order chi connectivity index (χ1) is 8.69. The van der Waals surface area contributed by atoms with E-state index in [-0.39, 0.29) is 6.01 Å². The monoisotopic (exact) mass is 248 g/mol. The highest BCUT2D eigenvalue weighted by atomic mass is 16.5. The van der Waals surface area contributed by atoms with Crippen LogP contribution in [0, 0.1) is 0 Å².